The molecule has 0 saturated carbocycles. The van der Waals surface area contributed by atoms with Crippen molar-refractivity contribution in [1.82, 2.24) is 15.2 Å². The zero-order valence-electron chi connectivity index (χ0n) is 17.6. The van der Waals surface area contributed by atoms with Gasteiger partial charge in [0.05, 0.1) is 19.8 Å². The molecular weight excluding hydrogens is 398 g/mol. The van der Waals surface area contributed by atoms with Gasteiger partial charge in [-0.15, -0.1) is 5.10 Å². The van der Waals surface area contributed by atoms with Crippen molar-refractivity contribution in [3.8, 4) is 22.9 Å². The van der Waals surface area contributed by atoms with Gasteiger partial charge in [0, 0.05) is 30.3 Å². The molecule has 2 amide bonds. The first-order valence-corrected chi connectivity index (χ1v) is 9.93. The number of nitrogens with one attached hydrogen (secondary N) is 2. The third kappa shape index (κ3) is 3.94. The molecule has 0 fully saturated rings. The van der Waals surface area contributed by atoms with Crippen LogP contribution in [0.1, 0.15) is 29.3 Å². The highest BCUT2D eigenvalue weighted by molar-refractivity contribution is 6.04. The third-order valence-electron chi connectivity index (χ3n) is 5.22. The summed E-state index contributed by atoms with van der Waals surface area (Å²) in [7, 11) is 3.13. The number of rotatable bonds is 6. The summed E-state index contributed by atoms with van der Waals surface area (Å²) in [6.45, 7) is 2.48. The van der Waals surface area contributed by atoms with Crippen LogP contribution < -0.4 is 19.7 Å². The van der Waals surface area contributed by atoms with E-state index in [4.69, 9.17) is 9.47 Å². The average Bonchev–Trinajstić information content (AvgIpc) is 3.44. The zero-order chi connectivity index (χ0) is 22.0. The molecule has 0 aliphatic carbocycles. The van der Waals surface area contributed by atoms with Crippen molar-refractivity contribution in [2.45, 2.75) is 19.8 Å². The number of nitrogens with zero attached hydrogens (tertiary/aromatic N) is 3. The number of aromatic amines is 1. The maximum absolute atomic E-state index is 12.7. The Morgan fingerprint density at radius 2 is 2.00 bits per heavy atom. The summed E-state index contributed by atoms with van der Waals surface area (Å²) in [4.78, 5) is 30.9. The minimum atomic E-state index is -0.324. The number of H-pyrrole nitrogens is 1. The number of ether oxygens (including phenoxy) is 2. The van der Waals surface area contributed by atoms with Gasteiger partial charge in [0.25, 0.3) is 5.91 Å². The lowest BCUT2D eigenvalue weighted by Crippen LogP contribution is -2.27. The normalized spacial score (nSPS) is 12.4. The molecule has 0 unspecified atom stereocenters. The van der Waals surface area contributed by atoms with Crippen molar-refractivity contribution in [2.24, 2.45) is 0 Å². The molecule has 0 saturated heterocycles. The van der Waals surface area contributed by atoms with E-state index in [-0.39, 0.29) is 17.8 Å². The summed E-state index contributed by atoms with van der Waals surface area (Å²) in [5.41, 5.74) is 3.02. The SMILES string of the molecule is CCC(=O)N1CCc2cc(C(=O)Nc3n[nH]c(-c4ccc(OC)cc4OC)n3)ccc21. The van der Waals surface area contributed by atoms with E-state index in [0.717, 1.165) is 17.7 Å². The van der Waals surface area contributed by atoms with Crippen molar-refractivity contribution in [3.63, 3.8) is 0 Å². The highest BCUT2D eigenvalue weighted by Crippen LogP contribution is 2.32. The maximum atomic E-state index is 12.7. The topological polar surface area (TPSA) is 109 Å². The summed E-state index contributed by atoms with van der Waals surface area (Å²) in [6, 6.07) is 10.7. The molecular formula is C22H23N5O4. The number of hydrogen-bond donors (Lipinski definition) is 2. The van der Waals surface area contributed by atoms with Crippen LogP contribution in [0.3, 0.4) is 0 Å². The largest absolute Gasteiger partial charge is 0.497 e. The first kappa shape index (κ1) is 20.4. The second-order valence-electron chi connectivity index (χ2n) is 7.02. The van der Waals surface area contributed by atoms with Crippen molar-refractivity contribution < 1.29 is 19.1 Å². The Hall–Kier alpha value is -3.88. The van der Waals surface area contributed by atoms with E-state index < -0.39 is 0 Å². The molecule has 3 aromatic rings. The Bertz CT molecular complexity index is 1140. The molecule has 2 heterocycles. The minimum absolute atomic E-state index is 0.0816. The molecule has 31 heavy (non-hydrogen) atoms. The Balaban J connectivity index is 1.51. The van der Waals surface area contributed by atoms with Crippen LogP contribution in [0.4, 0.5) is 11.6 Å². The molecule has 1 aliphatic rings. The second-order valence-corrected chi connectivity index (χ2v) is 7.02. The Labute approximate surface area is 179 Å². The average molecular weight is 421 g/mol. The van der Waals surface area contributed by atoms with Gasteiger partial charge in [0.15, 0.2) is 5.82 Å². The predicted octanol–water partition coefficient (Wildman–Crippen LogP) is 3.04. The smallest absolute Gasteiger partial charge is 0.258 e. The number of fused-ring (bicyclic) bond motifs is 1. The molecule has 0 bridgehead atoms. The molecule has 9 nitrogen and oxygen atoms in total. The van der Waals surface area contributed by atoms with Crippen LogP contribution in [0.5, 0.6) is 11.5 Å². The summed E-state index contributed by atoms with van der Waals surface area (Å²) in [6.07, 6.45) is 1.18. The lowest BCUT2D eigenvalue weighted by Gasteiger charge is -2.16. The van der Waals surface area contributed by atoms with E-state index in [9.17, 15) is 9.59 Å². The number of amides is 2. The fourth-order valence-electron chi connectivity index (χ4n) is 3.60. The van der Waals surface area contributed by atoms with Crippen molar-refractivity contribution in [2.75, 3.05) is 31.0 Å². The van der Waals surface area contributed by atoms with Crippen LogP contribution in [-0.4, -0.2) is 47.8 Å². The molecule has 9 heteroatoms. The standard InChI is InChI=1S/C22H23N5O4/c1-4-19(28)27-10-9-13-11-14(5-8-17(13)27)21(29)24-22-23-20(25-26-22)16-7-6-15(30-2)12-18(16)31-3/h5-8,11-12H,4,9-10H2,1-3H3,(H2,23,24,25,26,29). The number of carbonyl (C=O) groups is 2. The number of benzene rings is 2. The van der Waals surface area contributed by atoms with E-state index in [0.29, 0.717) is 41.4 Å². The fourth-order valence-corrected chi connectivity index (χ4v) is 3.60. The Morgan fingerprint density at radius 3 is 2.74 bits per heavy atom. The van der Waals surface area contributed by atoms with Gasteiger partial charge in [-0.1, -0.05) is 6.92 Å². The van der Waals surface area contributed by atoms with E-state index in [1.807, 2.05) is 19.1 Å². The lowest BCUT2D eigenvalue weighted by atomic mass is 10.1. The van der Waals surface area contributed by atoms with Gasteiger partial charge in [-0.25, -0.2) is 0 Å². The Kier molecular flexibility index (Phi) is 5.57. The second kappa shape index (κ2) is 8.47. The highest BCUT2D eigenvalue weighted by Gasteiger charge is 2.24. The van der Waals surface area contributed by atoms with E-state index in [1.165, 1.54) is 0 Å². The predicted molar refractivity (Wildman–Crippen MR) is 116 cm³/mol. The molecule has 2 N–H and O–H groups in total. The van der Waals surface area contributed by atoms with Gasteiger partial charge < -0.3 is 14.4 Å². The van der Waals surface area contributed by atoms with Gasteiger partial charge >= 0.3 is 0 Å². The van der Waals surface area contributed by atoms with E-state index in [1.54, 1.807) is 43.4 Å². The number of methoxy groups -OCH3 is 2. The van der Waals surface area contributed by atoms with E-state index in [2.05, 4.69) is 20.5 Å². The molecule has 1 aliphatic heterocycles. The van der Waals surface area contributed by atoms with Crippen LogP contribution in [0.15, 0.2) is 36.4 Å². The highest BCUT2D eigenvalue weighted by atomic mass is 16.5. The fraction of sp³-hybridized carbons (Fsp3) is 0.273. The molecule has 0 spiro atoms. The van der Waals surface area contributed by atoms with Gasteiger partial charge in [-0.2, -0.15) is 4.98 Å². The molecule has 0 atom stereocenters. The Morgan fingerprint density at radius 1 is 1.16 bits per heavy atom. The van der Waals surface area contributed by atoms with Gasteiger partial charge in [-0.3, -0.25) is 20.0 Å². The first-order chi connectivity index (χ1) is 15.0. The first-order valence-electron chi connectivity index (χ1n) is 9.93. The quantitative estimate of drug-likeness (QED) is 0.633. The summed E-state index contributed by atoms with van der Waals surface area (Å²) >= 11 is 0. The third-order valence-corrected chi connectivity index (χ3v) is 5.22. The number of hydrogen-bond acceptors (Lipinski definition) is 6. The van der Waals surface area contributed by atoms with Gasteiger partial charge in [-0.05, 0) is 42.3 Å². The van der Waals surface area contributed by atoms with Crippen LogP contribution >= 0.6 is 0 Å². The summed E-state index contributed by atoms with van der Waals surface area (Å²) in [5.74, 6) is 1.59. The van der Waals surface area contributed by atoms with Crippen LogP contribution in [0.2, 0.25) is 0 Å². The molecule has 1 aromatic heterocycles. The van der Waals surface area contributed by atoms with Crippen LogP contribution in [0.25, 0.3) is 11.4 Å². The number of aromatic nitrogens is 3. The monoisotopic (exact) mass is 421 g/mol. The van der Waals surface area contributed by atoms with E-state index >= 15 is 0 Å². The van der Waals surface area contributed by atoms with Crippen LogP contribution in [0, 0.1) is 0 Å². The molecule has 160 valence electrons. The molecule has 4 rings (SSSR count). The lowest BCUT2D eigenvalue weighted by molar-refractivity contribution is -0.118. The maximum Gasteiger partial charge on any atom is 0.258 e. The van der Waals surface area contributed by atoms with Crippen molar-refractivity contribution >= 4 is 23.5 Å². The summed E-state index contributed by atoms with van der Waals surface area (Å²) in [5, 5.41) is 9.61. The summed E-state index contributed by atoms with van der Waals surface area (Å²) < 4.78 is 10.6. The van der Waals surface area contributed by atoms with Gasteiger partial charge in [0.2, 0.25) is 11.9 Å². The minimum Gasteiger partial charge on any atom is -0.497 e. The number of carbonyl (C=O) groups excluding carboxylic acids is 2. The van der Waals surface area contributed by atoms with Crippen molar-refractivity contribution in [1.29, 1.82) is 0 Å². The van der Waals surface area contributed by atoms with Crippen molar-refractivity contribution in [3.05, 3.63) is 47.5 Å². The zero-order valence-corrected chi connectivity index (χ0v) is 17.6. The number of anilines is 2. The van der Waals surface area contributed by atoms with Gasteiger partial charge in [0.1, 0.15) is 11.5 Å². The molecule has 2 aromatic carbocycles. The molecule has 0 radical (unpaired) electrons. The van der Waals surface area contributed by atoms with Crippen LogP contribution in [-0.2, 0) is 11.2 Å².